The van der Waals surface area contributed by atoms with Gasteiger partial charge in [-0.2, -0.15) is 0 Å². The van der Waals surface area contributed by atoms with Crippen molar-refractivity contribution in [1.29, 1.82) is 0 Å². The predicted octanol–water partition coefficient (Wildman–Crippen LogP) is 7.24. The fourth-order valence-corrected chi connectivity index (χ4v) is 5.67. The fourth-order valence-electron chi connectivity index (χ4n) is 5.28. The first kappa shape index (κ1) is 26.6. The third kappa shape index (κ3) is 4.76. The number of piperazine rings is 1. The number of nitrogens with two attached hydrogens (primary N) is 1. The smallest absolute Gasteiger partial charge is 0.251 e. The third-order valence-corrected chi connectivity index (χ3v) is 7.76. The summed E-state index contributed by atoms with van der Waals surface area (Å²) in [4.78, 5) is 15.5. The monoisotopic (exact) mass is 541 g/mol. The second-order valence-corrected chi connectivity index (χ2v) is 9.91. The molecule has 1 saturated heterocycles. The van der Waals surface area contributed by atoms with E-state index >= 15 is 0 Å². The first-order valence-corrected chi connectivity index (χ1v) is 13.0. The molecule has 0 aromatic heterocycles. The van der Waals surface area contributed by atoms with E-state index in [9.17, 15) is 4.79 Å². The van der Waals surface area contributed by atoms with Crippen molar-refractivity contribution in [2.75, 3.05) is 31.1 Å². The SMILES string of the molecule is CCCCc1c(C(N)=O)c(N2CCNCC2)c(-c2cccc(Cl)c2Cl)c2cc3ccccc3cc12.Cl. The second-order valence-electron chi connectivity index (χ2n) is 9.13. The molecule has 188 valence electrons. The molecule has 1 fully saturated rings. The third-order valence-electron chi connectivity index (χ3n) is 6.94. The maximum absolute atomic E-state index is 13.2. The largest absolute Gasteiger partial charge is 0.368 e. The van der Waals surface area contributed by atoms with Crippen molar-refractivity contribution >= 4 is 68.7 Å². The van der Waals surface area contributed by atoms with Crippen molar-refractivity contribution in [3.8, 4) is 11.1 Å². The summed E-state index contributed by atoms with van der Waals surface area (Å²) in [6, 6.07) is 18.4. The van der Waals surface area contributed by atoms with Crippen LogP contribution in [0, 0.1) is 0 Å². The van der Waals surface area contributed by atoms with Gasteiger partial charge in [-0.15, -0.1) is 12.4 Å². The summed E-state index contributed by atoms with van der Waals surface area (Å²) in [6.07, 6.45) is 2.78. The zero-order valence-corrected chi connectivity index (χ0v) is 22.6. The van der Waals surface area contributed by atoms with Crippen LogP contribution in [-0.4, -0.2) is 32.1 Å². The van der Waals surface area contributed by atoms with E-state index in [1.54, 1.807) is 6.07 Å². The van der Waals surface area contributed by atoms with Crippen molar-refractivity contribution in [3.63, 3.8) is 0 Å². The van der Waals surface area contributed by atoms with Crippen LogP contribution in [0.4, 0.5) is 5.69 Å². The van der Waals surface area contributed by atoms with Crippen LogP contribution in [-0.2, 0) is 6.42 Å². The Hall–Kier alpha value is -2.50. The van der Waals surface area contributed by atoms with E-state index in [0.29, 0.717) is 15.6 Å². The summed E-state index contributed by atoms with van der Waals surface area (Å²) in [7, 11) is 0. The summed E-state index contributed by atoms with van der Waals surface area (Å²) in [5, 5.41) is 8.77. The highest BCUT2D eigenvalue weighted by Gasteiger charge is 2.29. The molecule has 3 N–H and O–H groups in total. The van der Waals surface area contributed by atoms with Gasteiger partial charge < -0.3 is 16.0 Å². The van der Waals surface area contributed by atoms with Crippen LogP contribution in [0.15, 0.2) is 54.6 Å². The number of anilines is 1. The molecule has 0 spiro atoms. The van der Waals surface area contributed by atoms with Gasteiger partial charge in [0.1, 0.15) is 0 Å². The highest BCUT2D eigenvalue weighted by molar-refractivity contribution is 6.44. The van der Waals surface area contributed by atoms with Gasteiger partial charge in [-0.1, -0.05) is 72.9 Å². The number of unbranched alkanes of at least 4 members (excludes halogenated alkanes) is 1. The Kier molecular flexibility index (Phi) is 8.31. The van der Waals surface area contributed by atoms with Crippen molar-refractivity contribution < 1.29 is 4.79 Å². The molecule has 1 amide bonds. The van der Waals surface area contributed by atoms with Crippen LogP contribution < -0.4 is 16.0 Å². The molecule has 1 heterocycles. The number of nitrogens with one attached hydrogen (secondary N) is 1. The van der Waals surface area contributed by atoms with E-state index < -0.39 is 5.91 Å². The van der Waals surface area contributed by atoms with Gasteiger partial charge in [0, 0.05) is 37.3 Å². The van der Waals surface area contributed by atoms with Crippen molar-refractivity contribution in [3.05, 3.63) is 75.8 Å². The van der Waals surface area contributed by atoms with Gasteiger partial charge in [0.05, 0.1) is 21.3 Å². The molecule has 0 radical (unpaired) electrons. The summed E-state index contributed by atoms with van der Waals surface area (Å²) in [6.45, 7) is 5.39. The van der Waals surface area contributed by atoms with Crippen LogP contribution in [0.3, 0.4) is 0 Å². The van der Waals surface area contributed by atoms with Gasteiger partial charge in [-0.3, -0.25) is 4.79 Å². The van der Waals surface area contributed by atoms with E-state index in [1.165, 1.54) is 0 Å². The number of rotatable bonds is 6. The standard InChI is InChI=1S/C29H29Cl2N3O.ClH/c1-2-3-9-20-22-16-18-7-4-5-8-19(18)17-23(22)25(21-10-6-11-24(30)27(21)31)28(26(20)29(32)35)34-14-12-33-13-15-34;/h4-8,10-11,16-17,33H,2-3,9,12-15H2,1H3,(H2,32,35);1H. The maximum Gasteiger partial charge on any atom is 0.251 e. The molecule has 0 aliphatic carbocycles. The molecule has 5 rings (SSSR count). The van der Waals surface area contributed by atoms with Gasteiger partial charge in [-0.25, -0.2) is 0 Å². The Bertz CT molecular complexity index is 1430. The average Bonchev–Trinajstić information content (AvgIpc) is 2.87. The van der Waals surface area contributed by atoms with Crippen molar-refractivity contribution in [1.82, 2.24) is 5.32 Å². The minimum atomic E-state index is -0.404. The number of primary amides is 1. The number of benzene rings is 4. The molecular formula is C29H30Cl3N3O. The molecule has 4 aromatic carbocycles. The quantitative estimate of drug-likeness (QED) is 0.253. The van der Waals surface area contributed by atoms with E-state index in [0.717, 1.165) is 89.4 Å². The molecule has 4 aromatic rings. The minimum absolute atomic E-state index is 0. The summed E-state index contributed by atoms with van der Waals surface area (Å²) >= 11 is 13.3. The Morgan fingerprint density at radius 2 is 1.67 bits per heavy atom. The van der Waals surface area contributed by atoms with Crippen molar-refractivity contribution in [2.24, 2.45) is 5.73 Å². The number of fused-ring (bicyclic) bond motifs is 2. The predicted molar refractivity (Wildman–Crippen MR) is 156 cm³/mol. The van der Waals surface area contributed by atoms with Gasteiger partial charge in [-0.05, 0) is 58.1 Å². The molecule has 0 atom stereocenters. The van der Waals surface area contributed by atoms with Gasteiger partial charge >= 0.3 is 0 Å². The molecule has 36 heavy (non-hydrogen) atoms. The first-order valence-electron chi connectivity index (χ1n) is 12.2. The fraction of sp³-hybridized carbons (Fsp3) is 0.276. The van der Waals surface area contributed by atoms with Crippen LogP contribution in [0.2, 0.25) is 10.0 Å². The lowest BCUT2D eigenvalue weighted by molar-refractivity contribution is 0.1000. The zero-order valence-electron chi connectivity index (χ0n) is 20.2. The number of hydrogen-bond donors (Lipinski definition) is 2. The Morgan fingerprint density at radius 1 is 1.00 bits per heavy atom. The highest BCUT2D eigenvalue weighted by Crippen LogP contribution is 2.47. The molecular weight excluding hydrogens is 513 g/mol. The average molecular weight is 543 g/mol. The van der Waals surface area contributed by atoms with E-state index in [4.69, 9.17) is 28.9 Å². The number of aryl methyl sites for hydroxylation is 1. The zero-order chi connectivity index (χ0) is 24.5. The molecule has 4 nitrogen and oxygen atoms in total. The summed E-state index contributed by atoms with van der Waals surface area (Å²) < 4.78 is 0. The van der Waals surface area contributed by atoms with E-state index in [1.807, 2.05) is 24.3 Å². The number of hydrogen-bond acceptors (Lipinski definition) is 3. The summed E-state index contributed by atoms with van der Waals surface area (Å²) in [5.74, 6) is -0.404. The Balaban J connectivity index is 0.00000304. The number of nitrogens with zero attached hydrogens (tertiary/aromatic N) is 1. The Labute approximate surface area is 228 Å². The van der Waals surface area contributed by atoms with Crippen molar-refractivity contribution in [2.45, 2.75) is 26.2 Å². The normalized spacial score (nSPS) is 13.7. The number of amides is 1. The van der Waals surface area contributed by atoms with Crippen LogP contribution in [0.5, 0.6) is 0 Å². The van der Waals surface area contributed by atoms with E-state index in [2.05, 4.69) is 41.4 Å². The highest BCUT2D eigenvalue weighted by atomic mass is 35.5. The number of carbonyl (C=O) groups excluding carboxylic acids is 1. The lowest BCUT2D eigenvalue weighted by atomic mass is 9.85. The lowest BCUT2D eigenvalue weighted by Crippen LogP contribution is -2.44. The van der Waals surface area contributed by atoms with Crippen LogP contribution in [0.1, 0.15) is 35.7 Å². The molecule has 1 aliphatic rings. The second kappa shape index (κ2) is 11.3. The molecule has 0 unspecified atom stereocenters. The topological polar surface area (TPSA) is 58.4 Å². The molecule has 7 heteroatoms. The minimum Gasteiger partial charge on any atom is -0.368 e. The number of halogens is 3. The maximum atomic E-state index is 13.2. The van der Waals surface area contributed by atoms with E-state index in [-0.39, 0.29) is 12.4 Å². The Morgan fingerprint density at radius 3 is 2.31 bits per heavy atom. The summed E-state index contributed by atoms with van der Waals surface area (Å²) in [5.41, 5.74) is 10.4. The van der Waals surface area contributed by atoms with Crippen LogP contribution >= 0.6 is 35.6 Å². The van der Waals surface area contributed by atoms with Crippen LogP contribution in [0.25, 0.3) is 32.7 Å². The number of carbonyl (C=O) groups is 1. The lowest BCUT2D eigenvalue weighted by Gasteiger charge is -2.34. The first-order chi connectivity index (χ1) is 17.0. The molecule has 0 bridgehead atoms. The van der Waals surface area contributed by atoms with Gasteiger partial charge in [0.2, 0.25) is 0 Å². The van der Waals surface area contributed by atoms with Gasteiger partial charge in [0.15, 0.2) is 0 Å². The molecule has 1 aliphatic heterocycles. The van der Waals surface area contributed by atoms with Gasteiger partial charge in [0.25, 0.3) is 5.91 Å². The molecule has 0 saturated carbocycles.